The van der Waals surface area contributed by atoms with Gasteiger partial charge in [-0.1, -0.05) is 17.3 Å². The number of aromatic nitrogens is 2. The minimum atomic E-state index is -0.478. The smallest absolute Gasteiger partial charge is 0.261 e. The summed E-state index contributed by atoms with van der Waals surface area (Å²) < 4.78 is 24.2. The van der Waals surface area contributed by atoms with E-state index in [1.807, 2.05) is 0 Å². The molecule has 1 aliphatic heterocycles. The van der Waals surface area contributed by atoms with Gasteiger partial charge in [-0.05, 0) is 37.8 Å². The Labute approximate surface area is 138 Å². The fourth-order valence-corrected chi connectivity index (χ4v) is 3.00. The fraction of sp³-hybridized carbons (Fsp3) is 0.471. The van der Waals surface area contributed by atoms with Crippen molar-refractivity contribution in [2.75, 3.05) is 13.2 Å². The molecular formula is C17H18FN3O3. The maximum Gasteiger partial charge on any atom is 0.261 e. The fourth-order valence-electron chi connectivity index (χ4n) is 3.00. The zero-order valence-electron chi connectivity index (χ0n) is 13.2. The van der Waals surface area contributed by atoms with Crippen LogP contribution in [-0.4, -0.2) is 34.1 Å². The van der Waals surface area contributed by atoms with Crippen LogP contribution < -0.4 is 4.74 Å². The molecule has 1 amide bonds. The lowest BCUT2D eigenvalue weighted by Crippen LogP contribution is -2.34. The number of hydrogen-bond acceptors (Lipinski definition) is 5. The highest BCUT2D eigenvalue weighted by atomic mass is 19.1. The second kappa shape index (κ2) is 6.22. The average molecular weight is 331 g/mol. The Hall–Kier alpha value is -2.44. The zero-order valence-corrected chi connectivity index (χ0v) is 13.2. The van der Waals surface area contributed by atoms with Crippen LogP contribution in [-0.2, 0) is 4.79 Å². The first-order valence-corrected chi connectivity index (χ1v) is 8.22. The Morgan fingerprint density at radius 2 is 2.17 bits per heavy atom. The lowest BCUT2D eigenvalue weighted by atomic mass is 10.2. The summed E-state index contributed by atoms with van der Waals surface area (Å²) in [5, 5.41) is 4.02. The van der Waals surface area contributed by atoms with Gasteiger partial charge in [-0.15, -0.1) is 0 Å². The molecule has 0 spiro atoms. The summed E-state index contributed by atoms with van der Waals surface area (Å²) in [6.07, 6.45) is 3.86. The van der Waals surface area contributed by atoms with Gasteiger partial charge in [0.2, 0.25) is 5.89 Å². The molecule has 7 heteroatoms. The van der Waals surface area contributed by atoms with Gasteiger partial charge in [-0.3, -0.25) is 4.79 Å². The normalized spacial score (nSPS) is 20.4. The standard InChI is InChI=1S/C17H18FN3O3/c18-12-4-1-2-6-14(12)23-10-15(22)21-9-3-5-13(21)17-19-16(20-24-17)11-7-8-11/h1-2,4,6,11,13H,3,5,7-10H2. The highest BCUT2D eigenvalue weighted by Crippen LogP contribution is 2.39. The molecule has 1 atom stereocenters. The molecular weight excluding hydrogens is 313 g/mol. The van der Waals surface area contributed by atoms with Crippen molar-refractivity contribution in [3.63, 3.8) is 0 Å². The summed E-state index contributed by atoms with van der Waals surface area (Å²) in [7, 11) is 0. The molecule has 2 heterocycles. The van der Waals surface area contributed by atoms with E-state index in [0.29, 0.717) is 18.4 Å². The highest BCUT2D eigenvalue weighted by molar-refractivity contribution is 5.78. The number of amides is 1. The van der Waals surface area contributed by atoms with Crippen LogP contribution in [0.15, 0.2) is 28.8 Å². The minimum Gasteiger partial charge on any atom is -0.481 e. The maximum absolute atomic E-state index is 13.6. The molecule has 24 heavy (non-hydrogen) atoms. The number of hydrogen-bond donors (Lipinski definition) is 0. The molecule has 2 aromatic rings. The van der Waals surface area contributed by atoms with E-state index in [2.05, 4.69) is 10.1 Å². The Morgan fingerprint density at radius 3 is 2.96 bits per heavy atom. The van der Waals surface area contributed by atoms with Crippen LogP contribution in [0.1, 0.15) is 49.4 Å². The molecule has 1 saturated heterocycles. The zero-order chi connectivity index (χ0) is 16.5. The van der Waals surface area contributed by atoms with Crippen molar-refractivity contribution in [3.05, 3.63) is 41.8 Å². The summed E-state index contributed by atoms with van der Waals surface area (Å²) in [5.41, 5.74) is 0. The van der Waals surface area contributed by atoms with Crippen LogP contribution in [0.2, 0.25) is 0 Å². The molecule has 2 fully saturated rings. The van der Waals surface area contributed by atoms with Crippen LogP contribution in [0.5, 0.6) is 5.75 Å². The van der Waals surface area contributed by atoms with Crippen LogP contribution >= 0.6 is 0 Å². The van der Waals surface area contributed by atoms with Crippen LogP contribution in [0.3, 0.4) is 0 Å². The molecule has 1 aromatic carbocycles. The summed E-state index contributed by atoms with van der Waals surface area (Å²) >= 11 is 0. The van der Waals surface area contributed by atoms with Gasteiger partial charge < -0.3 is 14.2 Å². The molecule has 0 radical (unpaired) electrons. The Kier molecular flexibility index (Phi) is 3.92. The lowest BCUT2D eigenvalue weighted by molar-refractivity contribution is -0.134. The first-order chi connectivity index (χ1) is 11.7. The number of ether oxygens (including phenoxy) is 1. The molecule has 126 valence electrons. The Balaban J connectivity index is 1.41. The predicted octanol–water partition coefficient (Wildman–Crippen LogP) is 2.83. The first kappa shape index (κ1) is 15.1. The average Bonchev–Trinajstić information content (AvgIpc) is 3.12. The molecule has 0 bridgehead atoms. The molecule has 6 nitrogen and oxygen atoms in total. The van der Waals surface area contributed by atoms with Gasteiger partial charge in [0.05, 0.1) is 0 Å². The number of carbonyl (C=O) groups is 1. The SMILES string of the molecule is O=C(COc1ccccc1F)N1CCCC1c1nc(C2CC2)no1. The van der Waals surface area contributed by atoms with Gasteiger partial charge >= 0.3 is 0 Å². The van der Waals surface area contributed by atoms with Crippen molar-refractivity contribution < 1.29 is 18.4 Å². The van der Waals surface area contributed by atoms with Gasteiger partial charge in [0.25, 0.3) is 5.91 Å². The molecule has 1 unspecified atom stereocenters. The van der Waals surface area contributed by atoms with E-state index in [9.17, 15) is 9.18 Å². The summed E-state index contributed by atoms with van der Waals surface area (Å²) in [6.45, 7) is 0.409. The third-order valence-electron chi connectivity index (χ3n) is 4.45. The molecule has 2 aliphatic rings. The van der Waals surface area contributed by atoms with E-state index in [-0.39, 0.29) is 24.3 Å². The molecule has 4 rings (SSSR count). The summed E-state index contributed by atoms with van der Waals surface area (Å²) in [5.74, 6) is 1.05. The van der Waals surface area contributed by atoms with E-state index < -0.39 is 5.82 Å². The van der Waals surface area contributed by atoms with Gasteiger partial charge in [-0.25, -0.2) is 4.39 Å². The van der Waals surface area contributed by atoms with Crippen LogP contribution in [0.25, 0.3) is 0 Å². The number of benzene rings is 1. The van der Waals surface area contributed by atoms with Crippen LogP contribution in [0.4, 0.5) is 4.39 Å². The summed E-state index contributed by atoms with van der Waals surface area (Å²) in [4.78, 5) is 18.6. The largest absolute Gasteiger partial charge is 0.481 e. The van der Waals surface area contributed by atoms with E-state index in [1.54, 1.807) is 17.0 Å². The van der Waals surface area contributed by atoms with Crippen molar-refractivity contribution >= 4 is 5.91 Å². The third kappa shape index (κ3) is 2.98. The second-order valence-corrected chi connectivity index (χ2v) is 6.23. The van der Waals surface area contributed by atoms with Gasteiger partial charge in [0.1, 0.15) is 6.04 Å². The van der Waals surface area contributed by atoms with Crippen molar-refractivity contribution in [2.24, 2.45) is 0 Å². The number of para-hydroxylation sites is 1. The van der Waals surface area contributed by atoms with E-state index >= 15 is 0 Å². The predicted molar refractivity (Wildman–Crippen MR) is 81.9 cm³/mol. The van der Waals surface area contributed by atoms with E-state index in [4.69, 9.17) is 9.26 Å². The number of halogens is 1. The molecule has 1 saturated carbocycles. The van der Waals surface area contributed by atoms with Gasteiger partial charge in [0.15, 0.2) is 24.0 Å². The maximum atomic E-state index is 13.6. The topological polar surface area (TPSA) is 68.5 Å². The third-order valence-corrected chi connectivity index (χ3v) is 4.45. The van der Waals surface area contributed by atoms with Gasteiger partial charge in [-0.2, -0.15) is 4.98 Å². The summed E-state index contributed by atoms with van der Waals surface area (Å²) in [6, 6.07) is 5.84. The number of likely N-dealkylation sites (tertiary alicyclic amines) is 1. The molecule has 0 N–H and O–H groups in total. The first-order valence-electron chi connectivity index (χ1n) is 8.22. The van der Waals surface area contributed by atoms with Gasteiger partial charge in [0, 0.05) is 12.5 Å². The van der Waals surface area contributed by atoms with Crippen LogP contribution in [0, 0.1) is 5.82 Å². The molecule has 1 aromatic heterocycles. The second-order valence-electron chi connectivity index (χ2n) is 6.23. The molecule has 1 aliphatic carbocycles. The monoisotopic (exact) mass is 331 g/mol. The number of nitrogens with zero attached hydrogens (tertiary/aromatic N) is 3. The number of rotatable bonds is 5. The van der Waals surface area contributed by atoms with E-state index in [0.717, 1.165) is 31.5 Å². The van der Waals surface area contributed by atoms with Crippen molar-refractivity contribution in [1.82, 2.24) is 15.0 Å². The minimum absolute atomic E-state index is 0.0791. The number of carbonyl (C=O) groups excluding carboxylic acids is 1. The Morgan fingerprint density at radius 1 is 1.33 bits per heavy atom. The highest BCUT2D eigenvalue weighted by Gasteiger charge is 2.36. The lowest BCUT2D eigenvalue weighted by Gasteiger charge is -2.21. The van der Waals surface area contributed by atoms with Crippen molar-refractivity contribution in [1.29, 1.82) is 0 Å². The van der Waals surface area contributed by atoms with Crippen molar-refractivity contribution in [3.8, 4) is 5.75 Å². The quantitative estimate of drug-likeness (QED) is 0.843. The van der Waals surface area contributed by atoms with Crippen molar-refractivity contribution in [2.45, 2.75) is 37.6 Å². The van der Waals surface area contributed by atoms with E-state index in [1.165, 1.54) is 12.1 Å². The Bertz CT molecular complexity index is 744.